The number of carbonyl (C=O) groups is 1. The number of carbonyl (C=O) groups excluding carboxylic acids is 1. The maximum atomic E-state index is 12.4. The number of halogens is 1. The molecule has 0 radical (unpaired) electrons. The van der Waals surface area contributed by atoms with E-state index in [4.69, 9.17) is 16.4 Å². The molecular formula is C16H25ClN2O3S. The Balaban J connectivity index is 2.68. The largest absolute Gasteiger partial charge is 0.275 e. The molecule has 1 aromatic rings. The van der Waals surface area contributed by atoms with Crippen LogP contribution < -0.4 is 4.72 Å². The fraction of sp³-hybridized carbons (Fsp3) is 0.562. The number of hydrogen-bond donors (Lipinski definition) is 1. The molecule has 0 spiro atoms. The van der Waals surface area contributed by atoms with E-state index in [0.29, 0.717) is 10.8 Å². The number of hydrogen-bond acceptors (Lipinski definition) is 3. The van der Waals surface area contributed by atoms with E-state index in [1.165, 1.54) is 12.2 Å². The van der Waals surface area contributed by atoms with Crippen molar-refractivity contribution in [3.8, 4) is 0 Å². The van der Waals surface area contributed by atoms with E-state index in [0.717, 1.165) is 24.8 Å². The smallest absolute Gasteiger partial charge is 0.247 e. The monoisotopic (exact) mass is 360 g/mol. The fourth-order valence-electron chi connectivity index (χ4n) is 2.01. The zero-order valence-electron chi connectivity index (χ0n) is 13.9. The summed E-state index contributed by atoms with van der Waals surface area (Å²) in [5.41, 5.74) is 1.11. The van der Waals surface area contributed by atoms with Gasteiger partial charge in [-0.25, -0.2) is 14.0 Å². The highest BCUT2D eigenvalue weighted by Gasteiger charge is 2.19. The molecule has 1 rings (SSSR count). The summed E-state index contributed by atoms with van der Waals surface area (Å²) in [7, 11) is 1.65. The Kier molecular flexibility index (Phi) is 9.40. The van der Waals surface area contributed by atoms with E-state index < -0.39 is 11.0 Å². The number of amides is 1. The molecule has 0 heterocycles. The molecule has 0 fully saturated rings. The lowest BCUT2D eigenvalue weighted by Gasteiger charge is -2.20. The molecule has 1 aromatic carbocycles. The second-order valence-electron chi connectivity index (χ2n) is 5.36. The molecule has 2 atom stereocenters. The van der Waals surface area contributed by atoms with E-state index in [-0.39, 0.29) is 18.4 Å². The molecule has 0 aromatic heterocycles. The summed E-state index contributed by atoms with van der Waals surface area (Å²) in [6, 6.07) is 7.31. The summed E-state index contributed by atoms with van der Waals surface area (Å²) < 4.78 is 15.5. The van der Waals surface area contributed by atoms with Gasteiger partial charge in [-0.15, -0.1) is 11.6 Å². The van der Waals surface area contributed by atoms with Crippen molar-refractivity contribution in [2.75, 3.05) is 20.0 Å². The summed E-state index contributed by atoms with van der Waals surface area (Å²) in [5, 5.41) is 1.19. The number of unbranched alkanes of at least 4 members (excludes halogenated alkanes) is 1. The van der Waals surface area contributed by atoms with Crippen LogP contribution >= 0.6 is 11.6 Å². The minimum absolute atomic E-state index is 0.156. The Bertz CT molecular complexity index is 511. The number of benzene rings is 1. The van der Waals surface area contributed by atoms with Crippen LogP contribution in [0.2, 0.25) is 0 Å². The molecule has 7 heteroatoms. The third-order valence-electron chi connectivity index (χ3n) is 3.49. The summed E-state index contributed by atoms with van der Waals surface area (Å²) in [6.45, 7) is 1.98. The van der Waals surface area contributed by atoms with E-state index in [9.17, 15) is 9.00 Å². The third kappa shape index (κ3) is 7.44. The first-order valence-electron chi connectivity index (χ1n) is 7.59. The molecule has 5 nitrogen and oxygen atoms in total. The van der Waals surface area contributed by atoms with Crippen LogP contribution in [0.5, 0.6) is 0 Å². The molecule has 0 aliphatic carbocycles. The van der Waals surface area contributed by atoms with Gasteiger partial charge in [0.05, 0.1) is 12.0 Å². The van der Waals surface area contributed by atoms with Crippen LogP contribution in [0.25, 0.3) is 0 Å². The quantitative estimate of drug-likeness (QED) is 0.396. The average Bonchev–Trinajstić information content (AvgIpc) is 2.54. The number of nitrogens with zero attached hydrogens (tertiary/aromatic N) is 1. The molecule has 0 aliphatic heterocycles. The summed E-state index contributed by atoms with van der Waals surface area (Å²) >= 11 is 5.70. The van der Waals surface area contributed by atoms with Crippen LogP contribution in [-0.2, 0) is 20.6 Å². The Hall–Kier alpha value is -0.950. The van der Waals surface area contributed by atoms with Crippen molar-refractivity contribution >= 4 is 28.5 Å². The number of alkyl halides is 1. The average molecular weight is 361 g/mol. The second kappa shape index (κ2) is 10.8. The minimum atomic E-state index is -1.35. The lowest BCUT2D eigenvalue weighted by molar-refractivity contribution is -0.169. The van der Waals surface area contributed by atoms with Crippen molar-refractivity contribution in [3.05, 3.63) is 29.8 Å². The van der Waals surface area contributed by atoms with Gasteiger partial charge in [0.25, 0.3) is 0 Å². The van der Waals surface area contributed by atoms with Crippen LogP contribution in [0.4, 0.5) is 0 Å². The molecule has 0 bridgehead atoms. The Morgan fingerprint density at radius 2 is 2.00 bits per heavy atom. The first-order chi connectivity index (χ1) is 11.0. The van der Waals surface area contributed by atoms with Gasteiger partial charge in [-0.1, -0.05) is 24.1 Å². The molecule has 1 N–H and O–H groups in total. The predicted molar refractivity (Wildman–Crippen MR) is 93.5 cm³/mol. The van der Waals surface area contributed by atoms with Crippen LogP contribution in [0.3, 0.4) is 0 Å². The van der Waals surface area contributed by atoms with E-state index in [1.54, 1.807) is 7.05 Å². The van der Waals surface area contributed by atoms with Crippen molar-refractivity contribution in [1.82, 2.24) is 9.79 Å². The minimum Gasteiger partial charge on any atom is -0.275 e. The molecular weight excluding hydrogens is 336 g/mol. The molecule has 130 valence electrons. The molecule has 0 saturated carbocycles. The van der Waals surface area contributed by atoms with Gasteiger partial charge in [-0.3, -0.25) is 9.63 Å². The Morgan fingerprint density at radius 3 is 2.57 bits per heavy atom. The van der Waals surface area contributed by atoms with E-state index in [1.807, 2.05) is 31.2 Å². The summed E-state index contributed by atoms with van der Waals surface area (Å²) in [4.78, 5) is 17.6. The topological polar surface area (TPSA) is 58.6 Å². The lowest BCUT2D eigenvalue weighted by atomic mass is 10.1. The van der Waals surface area contributed by atoms with Crippen LogP contribution in [0.15, 0.2) is 29.2 Å². The number of rotatable bonds is 10. The summed E-state index contributed by atoms with van der Waals surface area (Å²) in [5.74, 6) is 0.427. The van der Waals surface area contributed by atoms with Crippen molar-refractivity contribution < 1.29 is 13.8 Å². The van der Waals surface area contributed by atoms with E-state index in [2.05, 4.69) is 4.72 Å². The van der Waals surface area contributed by atoms with Crippen molar-refractivity contribution in [3.63, 3.8) is 0 Å². The Labute approximate surface area is 145 Å². The number of aryl methyl sites for hydroxylation is 1. The van der Waals surface area contributed by atoms with Crippen LogP contribution in [-0.4, -0.2) is 41.3 Å². The van der Waals surface area contributed by atoms with Crippen LogP contribution in [0.1, 0.15) is 31.2 Å². The maximum absolute atomic E-state index is 12.4. The van der Waals surface area contributed by atoms with Gasteiger partial charge in [0.2, 0.25) is 5.91 Å². The maximum Gasteiger partial charge on any atom is 0.247 e. The summed E-state index contributed by atoms with van der Waals surface area (Å²) in [6.07, 6.45) is 2.69. The normalized spacial score (nSPS) is 13.6. The number of hydroxylamine groups is 2. The van der Waals surface area contributed by atoms with Crippen molar-refractivity contribution in [2.24, 2.45) is 0 Å². The van der Waals surface area contributed by atoms with Gasteiger partial charge in [0, 0.05) is 25.4 Å². The lowest BCUT2D eigenvalue weighted by Crippen LogP contribution is -2.37. The number of nitrogens with one attached hydrogen (secondary N) is 1. The second-order valence-corrected chi connectivity index (χ2v) is 6.98. The van der Waals surface area contributed by atoms with Gasteiger partial charge in [-0.05, 0) is 31.9 Å². The van der Waals surface area contributed by atoms with Gasteiger partial charge < -0.3 is 0 Å². The standard InChI is InChI=1S/C16H25ClN2O3S/c1-13-7-9-15(10-8-13)23(21)18-14(6-4-5-11-17)12-16(20)19(2)22-3/h7-10,14,18H,4-6,11-12H2,1-3H3/t14-,23-/m0/s1. The van der Waals surface area contributed by atoms with Gasteiger partial charge in [0.15, 0.2) is 0 Å². The SMILES string of the molecule is CON(C)C(=O)C[C@H](CCCCCl)N[S@@](=O)c1ccc(C)cc1. The highest BCUT2D eigenvalue weighted by Crippen LogP contribution is 2.12. The van der Waals surface area contributed by atoms with Crippen LogP contribution in [0, 0.1) is 6.92 Å². The molecule has 23 heavy (non-hydrogen) atoms. The molecule has 1 amide bonds. The van der Waals surface area contributed by atoms with Gasteiger partial charge in [0.1, 0.15) is 11.0 Å². The highest BCUT2D eigenvalue weighted by molar-refractivity contribution is 7.83. The van der Waals surface area contributed by atoms with Crippen molar-refractivity contribution in [2.45, 2.75) is 43.5 Å². The first-order valence-corrected chi connectivity index (χ1v) is 9.27. The Morgan fingerprint density at radius 1 is 1.35 bits per heavy atom. The fourth-order valence-corrected chi connectivity index (χ4v) is 3.22. The van der Waals surface area contributed by atoms with Crippen molar-refractivity contribution in [1.29, 1.82) is 0 Å². The first kappa shape index (κ1) is 20.1. The molecule has 0 saturated heterocycles. The van der Waals surface area contributed by atoms with E-state index >= 15 is 0 Å². The molecule has 0 unspecified atom stereocenters. The zero-order chi connectivity index (χ0) is 17.2. The molecule has 0 aliphatic rings. The highest BCUT2D eigenvalue weighted by atomic mass is 35.5. The van der Waals surface area contributed by atoms with Gasteiger partial charge in [-0.2, -0.15) is 0 Å². The third-order valence-corrected chi connectivity index (χ3v) is 5.01. The van der Waals surface area contributed by atoms with Gasteiger partial charge >= 0.3 is 0 Å². The zero-order valence-corrected chi connectivity index (χ0v) is 15.5. The predicted octanol–water partition coefficient (Wildman–Crippen LogP) is 2.79.